The van der Waals surface area contributed by atoms with Crippen molar-refractivity contribution >= 4 is 62.4 Å². The highest BCUT2D eigenvalue weighted by molar-refractivity contribution is 7.90. The second-order valence-electron chi connectivity index (χ2n) is 9.03. The highest BCUT2D eigenvalue weighted by atomic mass is 35.5. The van der Waals surface area contributed by atoms with E-state index < -0.39 is 15.9 Å². The molecule has 0 aliphatic carbocycles. The molecule has 1 aliphatic heterocycles. The molecule has 12 heteroatoms. The number of sulfone groups is 1. The van der Waals surface area contributed by atoms with Crippen LogP contribution in [0.1, 0.15) is 23.0 Å². The number of hydrogen-bond acceptors (Lipinski definition) is 8. The van der Waals surface area contributed by atoms with E-state index in [1.54, 1.807) is 43.3 Å². The molecule has 0 spiro atoms. The van der Waals surface area contributed by atoms with E-state index in [9.17, 15) is 18.0 Å². The van der Waals surface area contributed by atoms with Crippen molar-refractivity contribution in [3.05, 3.63) is 75.4 Å². The molecule has 2 aromatic carbocycles. The standard InChI is InChI=1S/C25H25ClN2O6S2.C3H5Cl/c1-28-18-8-7-16(17-5-3-4-6-23(17)36(2,31)32)13-20(18)33-12-11-19(28)21(34-15-29)14-27-25(30)22-9-10-24(26)35-22;1-3(2)4/h3-10,13,15,19,21H,11-12,14H2,1-2H3,(H,27,30);1H2,2H3/t19-,21?;/m0./s1. The zero-order chi connectivity index (χ0) is 29.4. The SMILES string of the molecule is C=C(C)Cl.CN1c2ccc(-c3ccccc3S(C)(=O)=O)cc2OCC[C@H]1C(CNC(=O)c1ccc(Cl)s1)OC=O. The predicted molar refractivity (Wildman–Crippen MR) is 161 cm³/mol. The molecular weight excluding hydrogens is 595 g/mol. The normalized spacial score (nSPS) is 15.3. The minimum atomic E-state index is -3.42. The molecular formula is C28H30Cl2N2O6S2. The molecule has 0 radical (unpaired) electrons. The lowest BCUT2D eigenvalue weighted by molar-refractivity contribution is -0.134. The molecule has 0 bridgehead atoms. The van der Waals surface area contributed by atoms with Crippen molar-refractivity contribution in [3.8, 4) is 16.9 Å². The molecule has 1 amide bonds. The number of benzene rings is 2. The maximum absolute atomic E-state index is 12.5. The molecule has 0 saturated heterocycles. The summed E-state index contributed by atoms with van der Waals surface area (Å²) in [4.78, 5) is 26.4. The van der Waals surface area contributed by atoms with Gasteiger partial charge in [0.1, 0.15) is 11.9 Å². The molecule has 1 unspecified atom stereocenters. The minimum Gasteiger partial charge on any atom is -0.491 e. The lowest BCUT2D eigenvalue weighted by Crippen LogP contribution is -2.48. The summed E-state index contributed by atoms with van der Waals surface area (Å²) < 4.78 is 36.5. The Morgan fingerprint density at radius 1 is 1.27 bits per heavy atom. The zero-order valence-corrected chi connectivity index (χ0v) is 25.4. The van der Waals surface area contributed by atoms with Crippen LogP contribution >= 0.6 is 34.5 Å². The average Bonchev–Trinajstić information content (AvgIpc) is 3.27. The Labute approximate surface area is 248 Å². The highest BCUT2D eigenvalue weighted by Crippen LogP contribution is 2.38. The van der Waals surface area contributed by atoms with Crippen LogP contribution in [0.15, 0.2) is 71.1 Å². The summed E-state index contributed by atoms with van der Waals surface area (Å²) in [6, 6.07) is 15.3. The first-order valence-corrected chi connectivity index (χ1v) is 15.6. The summed E-state index contributed by atoms with van der Waals surface area (Å²) in [5.41, 5.74) is 2.06. The van der Waals surface area contributed by atoms with Crippen LogP contribution < -0.4 is 15.0 Å². The fraction of sp³-hybridized carbons (Fsp3) is 0.286. The number of allylic oxidation sites excluding steroid dienone is 1. The van der Waals surface area contributed by atoms with E-state index in [1.165, 1.54) is 17.6 Å². The van der Waals surface area contributed by atoms with Crippen molar-refractivity contribution in [2.75, 3.05) is 31.4 Å². The number of hydrogen-bond donors (Lipinski definition) is 1. The molecule has 4 rings (SSSR count). The lowest BCUT2D eigenvalue weighted by Gasteiger charge is -2.33. The molecule has 0 saturated carbocycles. The van der Waals surface area contributed by atoms with Crippen molar-refractivity contribution in [3.63, 3.8) is 0 Å². The molecule has 40 heavy (non-hydrogen) atoms. The van der Waals surface area contributed by atoms with Gasteiger partial charge in [-0.25, -0.2) is 8.42 Å². The van der Waals surface area contributed by atoms with Crippen LogP contribution in [0, 0.1) is 0 Å². The van der Waals surface area contributed by atoms with Gasteiger partial charge in [0, 0.05) is 30.3 Å². The van der Waals surface area contributed by atoms with Gasteiger partial charge in [-0.2, -0.15) is 0 Å². The van der Waals surface area contributed by atoms with Gasteiger partial charge in [0.15, 0.2) is 9.84 Å². The molecule has 0 fully saturated rings. The summed E-state index contributed by atoms with van der Waals surface area (Å²) in [6.07, 6.45) is 1.08. The van der Waals surface area contributed by atoms with Crippen LogP contribution in [0.5, 0.6) is 5.75 Å². The summed E-state index contributed by atoms with van der Waals surface area (Å²) >= 11 is 12.2. The van der Waals surface area contributed by atoms with Gasteiger partial charge in [-0.3, -0.25) is 9.59 Å². The average molecular weight is 626 g/mol. The number of carbonyl (C=O) groups is 2. The maximum Gasteiger partial charge on any atom is 0.293 e. The Kier molecular flexibility index (Phi) is 11.0. The van der Waals surface area contributed by atoms with Crippen molar-refractivity contribution in [2.24, 2.45) is 0 Å². The van der Waals surface area contributed by atoms with Crippen LogP contribution in [0.2, 0.25) is 4.34 Å². The molecule has 214 valence electrons. The van der Waals surface area contributed by atoms with E-state index in [1.807, 2.05) is 30.1 Å². The smallest absolute Gasteiger partial charge is 0.293 e. The number of thiophene rings is 1. The predicted octanol–water partition coefficient (Wildman–Crippen LogP) is 5.79. The molecule has 1 aliphatic rings. The monoisotopic (exact) mass is 624 g/mol. The molecule has 2 heterocycles. The van der Waals surface area contributed by atoms with E-state index in [2.05, 4.69) is 11.9 Å². The highest BCUT2D eigenvalue weighted by Gasteiger charge is 2.32. The minimum absolute atomic E-state index is 0.108. The zero-order valence-electron chi connectivity index (χ0n) is 22.2. The number of amides is 1. The van der Waals surface area contributed by atoms with Crippen molar-refractivity contribution in [2.45, 2.75) is 30.4 Å². The number of carbonyl (C=O) groups excluding carboxylic acids is 2. The Hall–Kier alpha value is -3.05. The van der Waals surface area contributed by atoms with Crippen LogP contribution in [-0.2, 0) is 19.4 Å². The molecule has 1 aromatic heterocycles. The van der Waals surface area contributed by atoms with Gasteiger partial charge in [-0.15, -0.1) is 11.3 Å². The first-order chi connectivity index (χ1) is 18.9. The summed E-state index contributed by atoms with van der Waals surface area (Å²) in [7, 11) is -1.56. The lowest BCUT2D eigenvalue weighted by atomic mass is 10.0. The number of nitrogens with one attached hydrogen (secondary N) is 1. The third-order valence-corrected chi connectivity index (χ3v) is 8.41. The van der Waals surface area contributed by atoms with Crippen LogP contribution in [0.25, 0.3) is 11.1 Å². The van der Waals surface area contributed by atoms with Crippen molar-refractivity contribution < 1.29 is 27.5 Å². The third-order valence-electron chi connectivity index (χ3n) is 6.03. The molecule has 3 aromatic rings. The third kappa shape index (κ3) is 8.23. The number of rotatable bonds is 8. The topological polar surface area (TPSA) is 102 Å². The largest absolute Gasteiger partial charge is 0.491 e. The summed E-state index contributed by atoms with van der Waals surface area (Å²) in [5, 5.41) is 3.45. The van der Waals surface area contributed by atoms with Gasteiger partial charge in [0.05, 0.1) is 39.0 Å². The molecule has 8 nitrogen and oxygen atoms in total. The van der Waals surface area contributed by atoms with Gasteiger partial charge in [-0.05, 0) is 42.8 Å². The Morgan fingerprint density at radius 3 is 2.60 bits per heavy atom. The molecule has 1 N–H and O–H groups in total. The maximum atomic E-state index is 12.5. The number of anilines is 1. The fourth-order valence-corrected chi connectivity index (χ4v) is 6.15. The number of fused-ring (bicyclic) bond motifs is 1. The summed E-state index contributed by atoms with van der Waals surface area (Å²) in [5.74, 6) is 0.288. The van der Waals surface area contributed by atoms with Gasteiger partial charge in [-0.1, -0.05) is 54.0 Å². The van der Waals surface area contributed by atoms with Crippen LogP contribution in [-0.4, -0.2) is 59.4 Å². The quantitative estimate of drug-likeness (QED) is 0.316. The second-order valence-corrected chi connectivity index (χ2v) is 13.4. The molecule has 2 atom stereocenters. The first kappa shape index (κ1) is 31.5. The van der Waals surface area contributed by atoms with Crippen LogP contribution in [0.3, 0.4) is 0 Å². The first-order valence-electron chi connectivity index (χ1n) is 12.1. The van der Waals surface area contributed by atoms with E-state index in [0.717, 1.165) is 5.69 Å². The Balaban J connectivity index is 0.00000103. The van der Waals surface area contributed by atoms with Crippen LogP contribution in [0.4, 0.5) is 5.69 Å². The number of ether oxygens (including phenoxy) is 2. The van der Waals surface area contributed by atoms with Gasteiger partial charge in [0.25, 0.3) is 12.4 Å². The Morgan fingerprint density at radius 2 is 1.98 bits per heavy atom. The van der Waals surface area contributed by atoms with E-state index in [0.29, 0.717) is 50.6 Å². The van der Waals surface area contributed by atoms with Gasteiger partial charge < -0.3 is 19.7 Å². The van der Waals surface area contributed by atoms with Crippen molar-refractivity contribution in [1.82, 2.24) is 5.32 Å². The number of likely N-dealkylation sites (N-methyl/N-ethyl adjacent to an activating group) is 1. The van der Waals surface area contributed by atoms with E-state index in [-0.39, 0.29) is 23.4 Å². The van der Waals surface area contributed by atoms with Gasteiger partial charge >= 0.3 is 0 Å². The second kappa shape index (κ2) is 14.0. The van der Waals surface area contributed by atoms with Crippen molar-refractivity contribution in [1.29, 1.82) is 0 Å². The number of halogens is 2. The van der Waals surface area contributed by atoms with Gasteiger partial charge in [0.2, 0.25) is 0 Å². The van der Waals surface area contributed by atoms with E-state index >= 15 is 0 Å². The number of nitrogens with zero attached hydrogens (tertiary/aromatic N) is 1. The Bertz CT molecular complexity index is 1470. The fourth-order valence-electron chi connectivity index (χ4n) is 4.28. The van der Waals surface area contributed by atoms with E-state index in [4.69, 9.17) is 32.7 Å². The summed E-state index contributed by atoms with van der Waals surface area (Å²) in [6.45, 7) is 5.89.